The zero-order valence-corrected chi connectivity index (χ0v) is 6.45. The Kier molecular flexibility index (Phi) is 1.68. The van der Waals surface area contributed by atoms with Crippen LogP contribution in [0.15, 0.2) is 29.3 Å². The summed E-state index contributed by atoms with van der Waals surface area (Å²) in [6.45, 7) is 0.355. The first-order chi connectivity index (χ1) is 5.90. The van der Waals surface area contributed by atoms with Crippen LogP contribution in [0.25, 0.3) is 0 Å². The molecule has 4 heteroatoms. The Bertz CT molecular complexity index is 322. The summed E-state index contributed by atoms with van der Waals surface area (Å²) in [6.07, 6.45) is 0. The fourth-order valence-corrected chi connectivity index (χ4v) is 1.01. The van der Waals surface area contributed by atoms with Crippen molar-refractivity contribution in [1.29, 1.82) is 0 Å². The van der Waals surface area contributed by atoms with Gasteiger partial charge in [0.25, 0.3) is 0 Å². The van der Waals surface area contributed by atoms with Crippen LogP contribution < -0.4 is 16.1 Å². The number of amidine groups is 1. The number of nitrogens with one attached hydrogen (secondary N) is 1. The Morgan fingerprint density at radius 1 is 1.42 bits per heavy atom. The summed E-state index contributed by atoms with van der Waals surface area (Å²) in [7, 11) is 0. The van der Waals surface area contributed by atoms with Crippen molar-refractivity contribution in [1.82, 2.24) is 5.48 Å². The van der Waals surface area contributed by atoms with E-state index in [1.54, 1.807) is 0 Å². The maximum Gasteiger partial charge on any atom is 0.180 e. The predicted molar refractivity (Wildman–Crippen MR) is 46.4 cm³/mol. The lowest BCUT2D eigenvalue weighted by Crippen LogP contribution is -2.35. The van der Waals surface area contributed by atoms with Crippen LogP contribution >= 0.6 is 0 Å². The van der Waals surface area contributed by atoms with E-state index in [4.69, 9.17) is 10.6 Å². The van der Waals surface area contributed by atoms with Gasteiger partial charge in [0.1, 0.15) is 5.69 Å². The van der Waals surface area contributed by atoms with Crippen LogP contribution in [0.2, 0.25) is 0 Å². The third-order valence-electron chi connectivity index (χ3n) is 1.59. The number of benzene rings is 1. The fourth-order valence-electron chi connectivity index (χ4n) is 1.01. The first kappa shape index (κ1) is 7.12. The first-order valence-corrected chi connectivity index (χ1v) is 3.69. The Labute approximate surface area is 70.0 Å². The maximum atomic E-state index is 5.39. The van der Waals surface area contributed by atoms with E-state index in [0.717, 1.165) is 11.4 Å². The second-order valence-corrected chi connectivity index (χ2v) is 2.43. The second-order valence-electron chi connectivity index (χ2n) is 2.43. The average Bonchev–Trinajstić information content (AvgIpc) is 2.17. The number of nitrogens with zero attached hydrogens (tertiary/aromatic N) is 1. The molecule has 0 fully saturated rings. The van der Waals surface area contributed by atoms with Crippen molar-refractivity contribution in [3.63, 3.8) is 0 Å². The van der Waals surface area contributed by atoms with Crippen molar-refractivity contribution in [3.05, 3.63) is 24.3 Å². The van der Waals surface area contributed by atoms with Crippen molar-refractivity contribution in [2.24, 2.45) is 10.7 Å². The highest BCUT2D eigenvalue weighted by molar-refractivity contribution is 5.87. The van der Waals surface area contributed by atoms with E-state index in [9.17, 15) is 0 Å². The lowest BCUT2D eigenvalue weighted by molar-refractivity contribution is 0.256. The molecule has 0 spiro atoms. The molecule has 0 bridgehead atoms. The van der Waals surface area contributed by atoms with Gasteiger partial charge in [0.15, 0.2) is 11.6 Å². The molecule has 0 aliphatic carbocycles. The van der Waals surface area contributed by atoms with Gasteiger partial charge in [-0.25, -0.2) is 10.5 Å². The molecule has 1 aromatic carbocycles. The second kappa shape index (κ2) is 2.83. The highest BCUT2D eigenvalue weighted by atomic mass is 16.6. The number of hydrogen-bond donors (Lipinski definition) is 2. The van der Waals surface area contributed by atoms with E-state index in [1.165, 1.54) is 0 Å². The van der Waals surface area contributed by atoms with Crippen LogP contribution in [0.4, 0.5) is 5.69 Å². The van der Waals surface area contributed by atoms with Gasteiger partial charge in [-0.3, -0.25) is 0 Å². The number of hydroxylamine groups is 1. The largest absolute Gasteiger partial charge is 0.379 e. The quantitative estimate of drug-likeness (QED) is 0.636. The standard InChI is InChI=1S/C8H9N3O/c9-5-8-10-6-3-1-2-4-7(6)12-11-8/h1-4H,5,9H2,(H,10,11). The number of nitrogens with two attached hydrogens (primary N) is 1. The van der Waals surface area contributed by atoms with Crippen LogP contribution in [-0.4, -0.2) is 12.4 Å². The third-order valence-corrected chi connectivity index (χ3v) is 1.59. The molecule has 0 unspecified atom stereocenters. The molecule has 62 valence electrons. The van der Waals surface area contributed by atoms with Crippen molar-refractivity contribution in [3.8, 4) is 5.75 Å². The smallest absolute Gasteiger partial charge is 0.180 e. The van der Waals surface area contributed by atoms with Gasteiger partial charge < -0.3 is 10.6 Å². The van der Waals surface area contributed by atoms with E-state index >= 15 is 0 Å². The highest BCUT2D eigenvalue weighted by Crippen LogP contribution is 2.27. The Morgan fingerprint density at radius 2 is 2.25 bits per heavy atom. The van der Waals surface area contributed by atoms with Crippen molar-refractivity contribution < 1.29 is 4.84 Å². The molecule has 3 N–H and O–H groups in total. The number of aliphatic imine (C=N–C) groups is 1. The van der Waals surface area contributed by atoms with Crippen LogP contribution in [-0.2, 0) is 0 Å². The minimum Gasteiger partial charge on any atom is -0.379 e. The number of hydrogen-bond acceptors (Lipinski definition) is 4. The predicted octanol–water partition coefficient (Wildman–Crippen LogP) is 0.572. The van der Waals surface area contributed by atoms with Crippen LogP contribution in [0.1, 0.15) is 0 Å². The normalized spacial score (nSPS) is 13.9. The molecule has 1 heterocycles. The van der Waals surface area contributed by atoms with Crippen molar-refractivity contribution >= 4 is 11.5 Å². The molecule has 0 radical (unpaired) electrons. The highest BCUT2D eigenvalue weighted by Gasteiger charge is 2.09. The molecular weight excluding hydrogens is 154 g/mol. The summed E-state index contributed by atoms with van der Waals surface area (Å²) in [5.74, 6) is 1.38. The van der Waals surface area contributed by atoms with E-state index < -0.39 is 0 Å². The van der Waals surface area contributed by atoms with Crippen LogP contribution in [0.3, 0.4) is 0 Å². The average molecular weight is 163 g/mol. The van der Waals surface area contributed by atoms with Gasteiger partial charge in [-0.15, -0.1) is 0 Å². The minimum atomic E-state index is 0.355. The van der Waals surface area contributed by atoms with Gasteiger partial charge in [0, 0.05) is 0 Å². The van der Waals surface area contributed by atoms with Crippen molar-refractivity contribution in [2.75, 3.05) is 6.54 Å². The van der Waals surface area contributed by atoms with Gasteiger partial charge in [-0.2, -0.15) is 0 Å². The number of fused-ring (bicyclic) bond motifs is 1. The fraction of sp³-hybridized carbons (Fsp3) is 0.125. The Balaban J connectivity index is 2.41. The molecule has 1 aromatic rings. The van der Waals surface area contributed by atoms with Gasteiger partial charge in [-0.1, -0.05) is 12.1 Å². The minimum absolute atomic E-state index is 0.355. The van der Waals surface area contributed by atoms with Gasteiger partial charge in [0.05, 0.1) is 6.54 Å². The first-order valence-electron chi connectivity index (χ1n) is 3.69. The zero-order valence-electron chi connectivity index (χ0n) is 6.45. The summed E-state index contributed by atoms with van der Waals surface area (Å²) < 4.78 is 0. The van der Waals surface area contributed by atoms with Gasteiger partial charge >= 0.3 is 0 Å². The third kappa shape index (κ3) is 1.12. The molecule has 0 amide bonds. The molecule has 1 aliphatic heterocycles. The van der Waals surface area contributed by atoms with E-state index in [0.29, 0.717) is 12.4 Å². The molecular formula is C8H9N3O. The van der Waals surface area contributed by atoms with E-state index in [2.05, 4.69) is 10.5 Å². The summed E-state index contributed by atoms with van der Waals surface area (Å²) in [6, 6.07) is 7.53. The molecule has 0 aromatic heterocycles. The number of rotatable bonds is 1. The summed E-state index contributed by atoms with van der Waals surface area (Å²) in [4.78, 5) is 9.39. The van der Waals surface area contributed by atoms with Crippen LogP contribution in [0, 0.1) is 0 Å². The van der Waals surface area contributed by atoms with E-state index in [-0.39, 0.29) is 0 Å². The summed E-state index contributed by atoms with van der Waals surface area (Å²) in [5, 5.41) is 0. The summed E-state index contributed by atoms with van der Waals surface area (Å²) >= 11 is 0. The Hall–Kier alpha value is -1.55. The molecule has 0 saturated heterocycles. The van der Waals surface area contributed by atoms with Crippen molar-refractivity contribution in [2.45, 2.75) is 0 Å². The zero-order chi connectivity index (χ0) is 8.39. The lowest BCUT2D eigenvalue weighted by atomic mass is 10.3. The molecule has 0 saturated carbocycles. The topological polar surface area (TPSA) is 59.6 Å². The molecule has 2 rings (SSSR count). The Morgan fingerprint density at radius 3 is 3.08 bits per heavy atom. The lowest BCUT2D eigenvalue weighted by Gasteiger charge is -2.16. The van der Waals surface area contributed by atoms with Gasteiger partial charge in [-0.05, 0) is 12.1 Å². The summed E-state index contributed by atoms with van der Waals surface area (Å²) in [5.41, 5.74) is 8.85. The molecule has 1 aliphatic rings. The molecule has 12 heavy (non-hydrogen) atoms. The van der Waals surface area contributed by atoms with Crippen LogP contribution in [0.5, 0.6) is 5.75 Å². The molecule has 0 atom stereocenters. The SMILES string of the molecule is NCC1=Nc2ccccc2ON1. The monoisotopic (exact) mass is 163 g/mol. The van der Waals surface area contributed by atoms with E-state index in [1.807, 2.05) is 24.3 Å². The maximum absolute atomic E-state index is 5.39. The number of para-hydroxylation sites is 2. The molecule has 4 nitrogen and oxygen atoms in total. The van der Waals surface area contributed by atoms with Gasteiger partial charge in [0.2, 0.25) is 0 Å².